The molecule has 1 amide bonds. The van der Waals surface area contributed by atoms with E-state index in [1.54, 1.807) is 0 Å². The second-order valence-corrected chi connectivity index (χ2v) is 5.13. The molecule has 1 N–H and O–H groups in total. The van der Waals surface area contributed by atoms with Gasteiger partial charge in [-0.3, -0.25) is 0 Å². The summed E-state index contributed by atoms with van der Waals surface area (Å²) in [5.41, 5.74) is 1.02. The smallest absolute Gasteiger partial charge is 0.407 e. The molecule has 3 nitrogen and oxygen atoms in total. The summed E-state index contributed by atoms with van der Waals surface area (Å²) in [7, 11) is 0. The first kappa shape index (κ1) is 10.6. The molecule has 1 aromatic carbocycles. The molecule has 0 radical (unpaired) electrons. The predicted molar refractivity (Wildman–Crippen MR) is 64.4 cm³/mol. The van der Waals surface area contributed by atoms with Crippen LogP contribution in [0.4, 0.5) is 4.79 Å². The van der Waals surface area contributed by atoms with Crippen LogP contribution >= 0.6 is 0 Å². The molecule has 17 heavy (non-hydrogen) atoms. The van der Waals surface area contributed by atoms with Gasteiger partial charge in [0.15, 0.2) is 0 Å². The average molecular weight is 231 g/mol. The van der Waals surface area contributed by atoms with Crippen LogP contribution in [0, 0.1) is 11.8 Å². The molecule has 90 valence electrons. The second-order valence-electron chi connectivity index (χ2n) is 5.13. The van der Waals surface area contributed by atoms with Crippen molar-refractivity contribution in [3.8, 4) is 0 Å². The maximum atomic E-state index is 11.6. The number of nitrogens with one attached hydrogen (secondary N) is 1. The highest BCUT2D eigenvalue weighted by Crippen LogP contribution is 2.51. The zero-order valence-electron chi connectivity index (χ0n) is 9.76. The van der Waals surface area contributed by atoms with Crippen LogP contribution in [-0.2, 0) is 11.3 Å². The van der Waals surface area contributed by atoms with Crippen LogP contribution in [0.15, 0.2) is 30.3 Å². The third-order valence-electron chi connectivity index (χ3n) is 3.78. The van der Waals surface area contributed by atoms with Gasteiger partial charge in [0.2, 0.25) is 0 Å². The Labute approximate surface area is 101 Å². The fourth-order valence-electron chi connectivity index (χ4n) is 2.76. The number of carbonyl (C=O) groups excluding carboxylic acids is 1. The number of rotatable bonds is 3. The van der Waals surface area contributed by atoms with Crippen molar-refractivity contribution in [2.24, 2.45) is 11.8 Å². The Bertz CT molecular complexity index is 394. The zero-order valence-corrected chi connectivity index (χ0v) is 9.76. The first-order chi connectivity index (χ1) is 8.31. The Morgan fingerprint density at radius 2 is 1.88 bits per heavy atom. The molecule has 3 heteroatoms. The SMILES string of the molecule is O=C(NC1CC2C[C@H]2C1)OCc1ccccc1. The van der Waals surface area contributed by atoms with Crippen molar-refractivity contribution in [3.05, 3.63) is 35.9 Å². The van der Waals surface area contributed by atoms with Crippen molar-refractivity contribution < 1.29 is 9.53 Å². The van der Waals surface area contributed by atoms with Gasteiger partial charge in [-0.1, -0.05) is 30.3 Å². The summed E-state index contributed by atoms with van der Waals surface area (Å²) < 4.78 is 5.19. The molecule has 2 saturated carbocycles. The number of hydrogen-bond donors (Lipinski definition) is 1. The molecule has 2 fully saturated rings. The van der Waals surface area contributed by atoms with Crippen LogP contribution in [0.2, 0.25) is 0 Å². The minimum atomic E-state index is -0.278. The van der Waals surface area contributed by atoms with Gasteiger partial charge in [-0.25, -0.2) is 4.79 Å². The summed E-state index contributed by atoms with van der Waals surface area (Å²) in [5.74, 6) is 1.77. The molecule has 2 unspecified atom stereocenters. The average Bonchev–Trinajstić information content (AvgIpc) is 2.96. The fraction of sp³-hybridized carbons (Fsp3) is 0.500. The molecular weight excluding hydrogens is 214 g/mol. The van der Waals surface area contributed by atoms with E-state index >= 15 is 0 Å². The second kappa shape index (κ2) is 4.40. The Balaban J connectivity index is 1.41. The summed E-state index contributed by atoms with van der Waals surface area (Å²) in [6, 6.07) is 10.1. The number of benzene rings is 1. The van der Waals surface area contributed by atoms with Crippen molar-refractivity contribution in [1.82, 2.24) is 5.32 Å². The van der Waals surface area contributed by atoms with Crippen LogP contribution in [-0.4, -0.2) is 12.1 Å². The van der Waals surface area contributed by atoms with E-state index in [4.69, 9.17) is 4.74 Å². The highest BCUT2D eigenvalue weighted by Gasteiger charge is 2.46. The Morgan fingerprint density at radius 1 is 1.18 bits per heavy atom. The van der Waals surface area contributed by atoms with Crippen LogP contribution in [0.3, 0.4) is 0 Å². The van der Waals surface area contributed by atoms with Gasteiger partial charge in [-0.15, -0.1) is 0 Å². The number of ether oxygens (including phenoxy) is 1. The molecule has 2 aliphatic rings. The Kier molecular flexibility index (Phi) is 2.75. The lowest BCUT2D eigenvalue weighted by Gasteiger charge is -2.14. The molecule has 0 heterocycles. The summed E-state index contributed by atoms with van der Waals surface area (Å²) in [4.78, 5) is 11.6. The summed E-state index contributed by atoms with van der Waals surface area (Å²) in [6.45, 7) is 0.353. The summed E-state index contributed by atoms with van der Waals surface area (Å²) >= 11 is 0. The van der Waals surface area contributed by atoms with Gasteiger partial charge in [0.1, 0.15) is 6.61 Å². The number of fused-ring (bicyclic) bond motifs is 1. The van der Waals surface area contributed by atoms with Crippen molar-refractivity contribution in [2.75, 3.05) is 0 Å². The maximum Gasteiger partial charge on any atom is 0.407 e. The number of carbonyl (C=O) groups is 1. The van der Waals surface area contributed by atoms with Crippen LogP contribution in [0.5, 0.6) is 0 Å². The number of alkyl carbamates (subject to hydrolysis) is 1. The first-order valence-electron chi connectivity index (χ1n) is 6.28. The minimum Gasteiger partial charge on any atom is -0.445 e. The standard InChI is InChI=1S/C14H17NO2/c16-14(15-13-7-11-6-12(11)8-13)17-9-10-4-2-1-3-5-10/h1-5,11-13H,6-9H2,(H,15,16)/t11-,12?,13?/m0/s1. The lowest BCUT2D eigenvalue weighted by atomic mass is 10.2. The molecular formula is C14H17NO2. The quantitative estimate of drug-likeness (QED) is 0.868. The third kappa shape index (κ3) is 2.60. The van der Waals surface area contributed by atoms with Crippen LogP contribution < -0.4 is 5.32 Å². The molecule has 2 aliphatic carbocycles. The van der Waals surface area contributed by atoms with Gasteiger partial charge in [-0.05, 0) is 36.7 Å². The molecule has 0 spiro atoms. The highest BCUT2D eigenvalue weighted by molar-refractivity contribution is 5.67. The van der Waals surface area contributed by atoms with Gasteiger partial charge in [0, 0.05) is 6.04 Å². The molecule has 3 atom stereocenters. The molecule has 3 rings (SSSR count). The van der Waals surface area contributed by atoms with Gasteiger partial charge in [0.05, 0.1) is 0 Å². The molecule has 1 aromatic rings. The van der Waals surface area contributed by atoms with Crippen molar-refractivity contribution in [3.63, 3.8) is 0 Å². The minimum absolute atomic E-state index is 0.278. The predicted octanol–water partition coefficient (Wildman–Crippen LogP) is 2.71. The van der Waals surface area contributed by atoms with Crippen molar-refractivity contribution in [1.29, 1.82) is 0 Å². The molecule has 0 bridgehead atoms. The van der Waals surface area contributed by atoms with Crippen molar-refractivity contribution in [2.45, 2.75) is 31.9 Å². The summed E-state index contributed by atoms with van der Waals surface area (Å²) in [6.07, 6.45) is 3.38. The van der Waals surface area contributed by atoms with Crippen molar-refractivity contribution >= 4 is 6.09 Å². The summed E-state index contributed by atoms with van der Waals surface area (Å²) in [5, 5.41) is 2.95. The monoisotopic (exact) mass is 231 g/mol. The normalized spacial score (nSPS) is 29.5. The van der Waals surface area contributed by atoms with E-state index in [1.807, 2.05) is 30.3 Å². The highest BCUT2D eigenvalue weighted by atomic mass is 16.5. The number of hydrogen-bond acceptors (Lipinski definition) is 2. The van der Waals surface area contributed by atoms with Gasteiger partial charge < -0.3 is 10.1 Å². The largest absolute Gasteiger partial charge is 0.445 e. The first-order valence-corrected chi connectivity index (χ1v) is 6.28. The van der Waals surface area contributed by atoms with E-state index in [2.05, 4.69) is 5.32 Å². The fourth-order valence-corrected chi connectivity index (χ4v) is 2.76. The Hall–Kier alpha value is -1.51. The molecule has 0 aliphatic heterocycles. The van der Waals surface area contributed by atoms with Gasteiger partial charge >= 0.3 is 6.09 Å². The topological polar surface area (TPSA) is 38.3 Å². The third-order valence-corrected chi connectivity index (χ3v) is 3.78. The van der Waals surface area contributed by atoms with E-state index in [0.29, 0.717) is 12.6 Å². The van der Waals surface area contributed by atoms with Crippen LogP contribution in [0.1, 0.15) is 24.8 Å². The number of amides is 1. The Morgan fingerprint density at radius 3 is 2.59 bits per heavy atom. The molecule has 0 saturated heterocycles. The van der Waals surface area contributed by atoms with Gasteiger partial charge in [-0.2, -0.15) is 0 Å². The lowest BCUT2D eigenvalue weighted by Crippen LogP contribution is -2.34. The molecule has 0 aromatic heterocycles. The van der Waals surface area contributed by atoms with E-state index < -0.39 is 0 Å². The van der Waals surface area contributed by atoms with E-state index in [1.165, 1.54) is 6.42 Å². The van der Waals surface area contributed by atoms with Crippen LogP contribution in [0.25, 0.3) is 0 Å². The maximum absolute atomic E-state index is 11.6. The lowest BCUT2D eigenvalue weighted by molar-refractivity contribution is 0.135. The van der Waals surface area contributed by atoms with Gasteiger partial charge in [0.25, 0.3) is 0 Å². The van der Waals surface area contributed by atoms with E-state index in [9.17, 15) is 4.79 Å². The zero-order chi connectivity index (χ0) is 11.7. The van der Waals surface area contributed by atoms with E-state index in [-0.39, 0.29) is 6.09 Å². The van der Waals surface area contributed by atoms with E-state index in [0.717, 1.165) is 30.2 Å².